The number of hydrogen-bond acceptors (Lipinski definition) is 5. The van der Waals surface area contributed by atoms with Crippen LogP contribution in [0.2, 0.25) is 0 Å². The molecule has 0 aromatic heterocycles. The van der Waals surface area contributed by atoms with Crippen LogP contribution in [0.3, 0.4) is 0 Å². The summed E-state index contributed by atoms with van der Waals surface area (Å²) in [6, 6.07) is 5.94. The zero-order valence-electron chi connectivity index (χ0n) is 19.9. The van der Waals surface area contributed by atoms with Crippen molar-refractivity contribution in [2.75, 3.05) is 19.8 Å². The van der Waals surface area contributed by atoms with Crippen molar-refractivity contribution in [2.24, 2.45) is 0 Å². The molecule has 0 radical (unpaired) electrons. The normalized spacial score (nSPS) is 10.3. The van der Waals surface area contributed by atoms with Crippen molar-refractivity contribution >= 4 is 11.9 Å². The van der Waals surface area contributed by atoms with Gasteiger partial charge in [-0.1, -0.05) is 83.6 Å². The zero-order valence-corrected chi connectivity index (χ0v) is 19.9. The minimum Gasteiger partial charge on any atom is -0.478 e. The summed E-state index contributed by atoms with van der Waals surface area (Å²) >= 11 is 0. The molecule has 6 nitrogen and oxygen atoms in total. The number of aliphatic hydroxyl groups excluding tert-OH is 2. The summed E-state index contributed by atoms with van der Waals surface area (Å²) in [5, 5.41) is 25.5. The summed E-state index contributed by atoms with van der Waals surface area (Å²) in [5.41, 5.74) is 0.394. The first-order chi connectivity index (χ1) is 15.6. The summed E-state index contributed by atoms with van der Waals surface area (Å²) in [6.07, 6.45) is 16.2. The third-order valence-electron chi connectivity index (χ3n) is 5.14. The Morgan fingerprint density at radius 3 is 1.69 bits per heavy atom. The molecule has 0 aliphatic heterocycles. The van der Waals surface area contributed by atoms with Gasteiger partial charge in [-0.3, -0.25) is 0 Å². The number of rotatable bonds is 18. The van der Waals surface area contributed by atoms with Crippen molar-refractivity contribution < 1.29 is 29.6 Å². The van der Waals surface area contributed by atoms with Crippen LogP contribution in [0.15, 0.2) is 24.3 Å². The maximum Gasteiger partial charge on any atom is 0.338 e. The molecule has 0 heterocycles. The van der Waals surface area contributed by atoms with Crippen molar-refractivity contribution in [3.8, 4) is 0 Å². The lowest BCUT2D eigenvalue weighted by atomic mass is 10.1. The van der Waals surface area contributed by atoms with Crippen LogP contribution in [0.5, 0.6) is 0 Å². The van der Waals surface area contributed by atoms with E-state index in [1.165, 1.54) is 63.5 Å². The topological polar surface area (TPSA) is 104 Å². The van der Waals surface area contributed by atoms with Crippen LogP contribution < -0.4 is 0 Å². The molecule has 0 amide bonds. The Balaban J connectivity index is 0.00000102. The summed E-state index contributed by atoms with van der Waals surface area (Å²) in [4.78, 5) is 22.7. The monoisotopic (exact) mass is 452 g/mol. The number of carbonyl (C=O) groups is 2. The molecule has 0 spiro atoms. The molecule has 6 heteroatoms. The minimum absolute atomic E-state index is 0.100. The first kappa shape index (κ1) is 30.1. The van der Waals surface area contributed by atoms with Gasteiger partial charge in [-0.2, -0.15) is 0 Å². The van der Waals surface area contributed by atoms with Crippen molar-refractivity contribution in [1.29, 1.82) is 0 Å². The van der Waals surface area contributed by atoms with Crippen LogP contribution in [-0.2, 0) is 4.74 Å². The van der Waals surface area contributed by atoms with Crippen molar-refractivity contribution in [1.82, 2.24) is 0 Å². The molecular weight excluding hydrogens is 408 g/mol. The molecular formula is C26H44O6. The second kappa shape index (κ2) is 22.3. The van der Waals surface area contributed by atoms with Crippen LogP contribution in [0.25, 0.3) is 0 Å². The Bertz CT molecular complexity index is 581. The van der Waals surface area contributed by atoms with Crippen LogP contribution >= 0.6 is 0 Å². The second-order valence-corrected chi connectivity index (χ2v) is 8.07. The Kier molecular flexibility index (Phi) is 20.9. The summed E-state index contributed by atoms with van der Waals surface area (Å²) in [6.45, 7) is 3.19. The van der Waals surface area contributed by atoms with E-state index in [2.05, 4.69) is 6.92 Å². The summed E-state index contributed by atoms with van der Waals surface area (Å²) in [7, 11) is 0. The Labute approximate surface area is 194 Å². The van der Waals surface area contributed by atoms with E-state index in [9.17, 15) is 9.59 Å². The smallest absolute Gasteiger partial charge is 0.338 e. The molecule has 32 heavy (non-hydrogen) atoms. The van der Waals surface area contributed by atoms with E-state index in [0.717, 1.165) is 38.5 Å². The Morgan fingerprint density at radius 2 is 1.19 bits per heavy atom. The van der Waals surface area contributed by atoms with E-state index in [0.29, 0.717) is 12.2 Å². The van der Waals surface area contributed by atoms with E-state index >= 15 is 0 Å². The van der Waals surface area contributed by atoms with Crippen molar-refractivity contribution in [2.45, 2.75) is 96.8 Å². The fourth-order valence-electron chi connectivity index (χ4n) is 3.19. The number of unbranched alkanes of at least 4 members (excludes halogenated alkanes) is 12. The van der Waals surface area contributed by atoms with Gasteiger partial charge < -0.3 is 20.1 Å². The first-order valence-corrected chi connectivity index (χ1v) is 12.3. The van der Waals surface area contributed by atoms with Gasteiger partial charge in [-0.15, -0.1) is 0 Å². The number of carboxylic acid groups (broad SMARTS) is 1. The van der Waals surface area contributed by atoms with Gasteiger partial charge in [-0.05, 0) is 37.5 Å². The number of ether oxygens (including phenoxy) is 1. The largest absolute Gasteiger partial charge is 0.478 e. The molecule has 0 unspecified atom stereocenters. The summed E-state index contributed by atoms with van der Waals surface area (Å²) in [5.74, 6) is -1.49. The van der Waals surface area contributed by atoms with Gasteiger partial charge in [-0.25, -0.2) is 9.59 Å². The van der Waals surface area contributed by atoms with E-state index in [-0.39, 0.29) is 18.8 Å². The molecule has 0 bridgehead atoms. The van der Waals surface area contributed by atoms with E-state index < -0.39 is 11.9 Å². The highest BCUT2D eigenvalue weighted by atomic mass is 16.5. The molecule has 0 saturated carbocycles. The number of carbonyl (C=O) groups excluding carboxylic acids is 1. The molecule has 1 aromatic rings. The molecule has 3 N–H and O–H groups in total. The van der Waals surface area contributed by atoms with Crippen molar-refractivity contribution in [3.05, 3.63) is 35.4 Å². The number of carboxylic acids is 1. The van der Waals surface area contributed by atoms with E-state index in [1.54, 1.807) is 12.1 Å². The summed E-state index contributed by atoms with van der Waals surface area (Å²) < 4.78 is 5.20. The van der Waals surface area contributed by atoms with E-state index in [4.69, 9.17) is 20.1 Å². The van der Waals surface area contributed by atoms with Gasteiger partial charge in [0.15, 0.2) is 0 Å². The van der Waals surface area contributed by atoms with Gasteiger partial charge in [0.2, 0.25) is 0 Å². The molecule has 1 rings (SSSR count). The van der Waals surface area contributed by atoms with Crippen LogP contribution in [0, 0.1) is 0 Å². The number of benzene rings is 1. The molecule has 0 aliphatic rings. The Morgan fingerprint density at radius 1 is 0.719 bits per heavy atom. The molecule has 0 saturated heterocycles. The number of aromatic carboxylic acids is 1. The van der Waals surface area contributed by atoms with Gasteiger partial charge in [0, 0.05) is 13.2 Å². The van der Waals surface area contributed by atoms with Crippen LogP contribution in [0.4, 0.5) is 0 Å². The third kappa shape index (κ3) is 17.7. The first-order valence-electron chi connectivity index (χ1n) is 12.3. The predicted octanol–water partition coefficient (Wildman–Crippen LogP) is 5.99. The maximum atomic E-state index is 11.9. The quantitative estimate of drug-likeness (QED) is 0.187. The van der Waals surface area contributed by atoms with Gasteiger partial charge in [0.25, 0.3) is 0 Å². The van der Waals surface area contributed by atoms with E-state index in [1.807, 2.05) is 0 Å². The maximum absolute atomic E-state index is 11.9. The van der Waals surface area contributed by atoms with Crippen LogP contribution in [0.1, 0.15) is 118 Å². The lowest BCUT2D eigenvalue weighted by molar-refractivity contribution is 0.0497. The molecule has 0 fully saturated rings. The zero-order chi connectivity index (χ0) is 23.9. The number of esters is 1. The van der Waals surface area contributed by atoms with Gasteiger partial charge >= 0.3 is 11.9 Å². The van der Waals surface area contributed by atoms with Gasteiger partial charge in [0.1, 0.15) is 0 Å². The fraction of sp³-hybridized carbons (Fsp3) is 0.692. The lowest BCUT2D eigenvalue weighted by Gasteiger charge is -2.06. The van der Waals surface area contributed by atoms with Gasteiger partial charge in [0.05, 0.1) is 17.7 Å². The highest BCUT2D eigenvalue weighted by Gasteiger charge is 2.10. The predicted molar refractivity (Wildman–Crippen MR) is 128 cm³/mol. The highest BCUT2D eigenvalue weighted by molar-refractivity contribution is 5.94. The second-order valence-electron chi connectivity index (χ2n) is 8.07. The molecule has 0 aliphatic carbocycles. The molecule has 184 valence electrons. The molecule has 1 aromatic carbocycles. The number of hydrogen-bond donors (Lipinski definition) is 3. The molecule has 0 atom stereocenters. The minimum atomic E-state index is -1.04. The fourth-order valence-corrected chi connectivity index (χ4v) is 3.19. The number of aliphatic hydroxyl groups is 2. The SMILES string of the molecule is CCCCCCCCCCCCOC(=O)c1cccc(C(=O)O)c1.OCCCCCCO. The van der Waals surface area contributed by atoms with Crippen LogP contribution in [-0.4, -0.2) is 47.1 Å². The Hall–Kier alpha value is -1.92. The average molecular weight is 453 g/mol. The highest BCUT2D eigenvalue weighted by Crippen LogP contribution is 2.11. The average Bonchev–Trinajstić information content (AvgIpc) is 2.80. The van der Waals surface area contributed by atoms with Crippen molar-refractivity contribution in [3.63, 3.8) is 0 Å². The standard InChI is InChI=1S/C20H30O4.C6H14O2/c1-2-3-4-5-6-7-8-9-10-11-15-24-20(23)18-14-12-13-17(16-18)19(21)22;7-5-3-1-2-4-6-8/h12-14,16H,2-11,15H2,1H3,(H,21,22);7-8H,1-6H2. The lowest BCUT2D eigenvalue weighted by Crippen LogP contribution is -2.08. The third-order valence-corrected chi connectivity index (χ3v) is 5.14.